The van der Waals surface area contributed by atoms with Gasteiger partial charge in [0.25, 0.3) is 0 Å². The summed E-state index contributed by atoms with van der Waals surface area (Å²) in [5.41, 5.74) is 0.809. The van der Waals surface area contributed by atoms with Gasteiger partial charge in [-0.2, -0.15) is 8.78 Å². The summed E-state index contributed by atoms with van der Waals surface area (Å²) in [6.45, 7) is -1.00. The van der Waals surface area contributed by atoms with Crippen molar-refractivity contribution in [2.45, 2.75) is 26.0 Å². The van der Waals surface area contributed by atoms with Crippen LogP contribution >= 0.6 is 0 Å². The van der Waals surface area contributed by atoms with Crippen LogP contribution < -0.4 is 10.1 Å². The Morgan fingerprint density at radius 3 is 2.72 bits per heavy atom. The molecule has 1 aromatic carbocycles. The average Bonchev–Trinajstić information content (AvgIpc) is 2.62. The van der Waals surface area contributed by atoms with Gasteiger partial charge in [-0.25, -0.2) is 0 Å². The van der Waals surface area contributed by atoms with Crippen molar-refractivity contribution in [1.29, 1.82) is 0 Å². The highest BCUT2D eigenvalue weighted by molar-refractivity contribution is 5.80. The minimum absolute atomic E-state index is 0.0671. The second-order valence-electron chi connectivity index (χ2n) is 5.71. The number of rotatable bonds is 5. The normalized spacial score (nSPS) is 16.0. The van der Waals surface area contributed by atoms with Gasteiger partial charge in [-0.15, -0.1) is 0 Å². The zero-order chi connectivity index (χ0) is 18.2. The summed E-state index contributed by atoms with van der Waals surface area (Å²) in [6, 6.07) is 6.54. The van der Waals surface area contributed by atoms with Gasteiger partial charge in [0.05, 0.1) is 13.0 Å². The van der Waals surface area contributed by atoms with Crippen LogP contribution in [0.1, 0.15) is 18.4 Å². The van der Waals surface area contributed by atoms with Crippen LogP contribution in [0.2, 0.25) is 0 Å². The van der Waals surface area contributed by atoms with Crippen molar-refractivity contribution >= 4 is 11.9 Å². The lowest BCUT2D eigenvalue weighted by atomic mass is 9.97. The number of nitrogens with zero attached hydrogens (tertiary/aromatic N) is 2. The molecule has 1 aliphatic rings. The first-order valence-corrected chi connectivity index (χ1v) is 8.10. The zero-order valence-electron chi connectivity index (χ0n) is 14.4. The Kier molecular flexibility index (Phi) is 6.97. The van der Waals surface area contributed by atoms with Crippen LogP contribution in [0.25, 0.3) is 0 Å². The van der Waals surface area contributed by atoms with Gasteiger partial charge in [0.2, 0.25) is 0 Å². The van der Waals surface area contributed by atoms with E-state index >= 15 is 0 Å². The molecule has 0 saturated carbocycles. The van der Waals surface area contributed by atoms with Crippen molar-refractivity contribution in [1.82, 2.24) is 10.2 Å². The molecule has 0 spiro atoms. The number of methoxy groups -OCH3 is 1. The minimum atomic E-state index is -2.84. The SMILES string of the molecule is CN=C(NCc1cccc(OC(F)F)c1)N1CCC(C(=O)OC)CC1. The van der Waals surface area contributed by atoms with E-state index in [1.54, 1.807) is 19.2 Å². The third-order valence-corrected chi connectivity index (χ3v) is 4.12. The van der Waals surface area contributed by atoms with E-state index in [-0.39, 0.29) is 17.6 Å². The fraction of sp³-hybridized carbons (Fsp3) is 0.529. The highest BCUT2D eigenvalue weighted by atomic mass is 19.3. The number of benzene rings is 1. The van der Waals surface area contributed by atoms with Gasteiger partial charge < -0.3 is 19.7 Å². The van der Waals surface area contributed by atoms with Gasteiger partial charge in [-0.05, 0) is 30.5 Å². The van der Waals surface area contributed by atoms with Crippen molar-refractivity contribution in [3.63, 3.8) is 0 Å². The van der Waals surface area contributed by atoms with E-state index in [1.165, 1.54) is 13.2 Å². The number of hydrogen-bond donors (Lipinski definition) is 1. The number of carbonyl (C=O) groups is 1. The van der Waals surface area contributed by atoms with Crippen LogP contribution in [-0.2, 0) is 16.1 Å². The number of piperidine rings is 1. The van der Waals surface area contributed by atoms with E-state index in [2.05, 4.69) is 19.9 Å². The van der Waals surface area contributed by atoms with E-state index < -0.39 is 6.61 Å². The molecule has 1 heterocycles. The van der Waals surface area contributed by atoms with Crippen LogP contribution in [0, 0.1) is 5.92 Å². The number of alkyl halides is 2. The minimum Gasteiger partial charge on any atom is -0.469 e. The Morgan fingerprint density at radius 1 is 1.40 bits per heavy atom. The molecule has 0 aliphatic carbocycles. The molecule has 1 aliphatic heterocycles. The lowest BCUT2D eigenvalue weighted by Crippen LogP contribution is -2.46. The number of halogens is 2. The summed E-state index contributed by atoms with van der Waals surface area (Å²) in [6.07, 6.45) is 1.43. The Balaban J connectivity index is 1.88. The molecule has 0 unspecified atom stereocenters. The smallest absolute Gasteiger partial charge is 0.387 e. The summed E-state index contributed by atoms with van der Waals surface area (Å²) in [5, 5.41) is 3.21. The molecule has 0 aromatic heterocycles. The third-order valence-electron chi connectivity index (χ3n) is 4.12. The predicted molar refractivity (Wildman–Crippen MR) is 89.6 cm³/mol. The van der Waals surface area contributed by atoms with Gasteiger partial charge in [0.1, 0.15) is 5.75 Å². The maximum atomic E-state index is 12.3. The number of aliphatic imine (C=N–C) groups is 1. The highest BCUT2D eigenvalue weighted by Gasteiger charge is 2.26. The highest BCUT2D eigenvalue weighted by Crippen LogP contribution is 2.19. The van der Waals surface area contributed by atoms with Gasteiger partial charge in [0.15, 0.2) is 5.96 Å². The predicted octanol–water partition coefficient (Wildman–Crippen LogP) is 2.25. The molecule has 0 bridgehead atoms. The van der Waals surface area contributed by atoms with Gasteiger partial charge in [-0.1, -0.05) is 12.1 Å². The first-order chi connectivity index (χ1) is 12.0. The standard InChI is InChI=1S/C17H23F2N3O3/c1-20-17(22-8-6-13(7-9-22)15(23)24-2)21-11-12-4-3-5-14(10-12)25-16(18)19/h3-5,10,13,16H,6-9,11H2,1-2H3,(H,20,21). The molecule has 1 aromatic rings. The molecule has 138 valence electrons. The Bertz CT molecular complexity index is 603. The van der Waals surface area contributed by atoms with E-state index in [1.807, 2.05) is 6.07 Å². The lowest BCUT2D eigenvalue weighted by Gasteiger charge is -2.33. The summed E-state index contributed by atoms with van der Waals surface area (Å²) < 4.78 is 33.8. The summed E-state index contributed by atoms with van der Waals surface area (Å²) >= 11 is 0. The number of esters is 1. The summed E-state index contributed by atoms with van der Waals surface area (Å²) in [4.78, 5) is 17.9. The molecule has 0 radical (unpaired) electrons. The van der Waals surface area contributed by atoms with Crippen molar-refractivity contribution < 1.29 is 23.0 Å². The van der Waals surface area contributed by atoms with Crippen molar-refractivity contribution in [2.75, 3.05) is 27.2 Å². The zero-order valence-corrected chi connectivity index (χ0v) is 14.4. The van der Waals surface area contributed by atoms with Crippen LogP contribution in [0.4, 0.5) is 8.78 Å². The Labute approximate surface area is 145 Å². The maximum absolute atomic E-state index is 12.3. The van der Waals surface area contributed by atoms with Crippen LogP contribution in [0.15, 0.2) is 29.3 Å². The number of hydrogen-bond acceptors (Lipinski definition) is 4. The molecule has 8 heteroatoms. The van der Waals surface area contributed by atoms with Gasteiger partial charge in [-0.3, -0.25) is 9.79 Å². The first kappa shape index (κ1) is 19.0. The van der Waals surface area contributed by atoms with Gasteiger partial charge >= 0.3 is 12.6 Å². The molecule has 1 saturated heterocycles. The quantitative estimate of drug-likeness (QED) is 0.499. The number of nitrogens with one attached hydrogen (secondary N) is 1. The average molecular weight is 355 g/mol. The molecular formula is C17H23F2N3O3. The molecule has 25 heavy (non-hydrogen) atoms. The molecule has 0 amide bonds. The summed E-state index contributed by atoms with van der Waals surface area (Å²) in [5.74, 6) is 0.604. The number of ether oxygens (including phenoxy) is 2. The van der Waals surface area contributed by atoms with Crippen LogP contribution in [-0.4, -0.2) is 50.7 Å². The Hall–Kier alpha value is -2.38. The van der Waals surface area contributed by atoms with Gasteiger partial charge in [0, 0.05) is 26.7 Å². The summed E-state index contributed by atoms with van der Waals surface area (Å²) in [7, 11) is 3.09. The number of guanidine groups is 1. The van der Waals surface area contributed by atoms with Crippen molar-refractivity contribution in [3.05, 3.63) is 29.8 Å². The molecule has 1 N–H and O–H groups in total. The molecule has 1 fully saturated rings. The van der Waals surface area contributed by atoms with Crippen molar-refractivity contribution in [3.8, 4) is 5.75 Å². The fourth-order valence-corrected chi connectivity index (χ4v) is 2.84. The van der Waals surface area contributed by atoms with E-state index in [9.17, 15) is 13.6 Å². The maximum Gasteiger partial charge on any atom is 0.387 e. The second kappa shape index (κ2) is 9.19. The lowest BCUT2D eigenvalue weighted by molar-refractivity contribution is -0.146. The van der Waals surface area contributed by atoms with E-state index in [0.29, 0.717) is 38.4 Å². The topological polar surface area (TPSA) is 63.2 Å². The third kappa shape index (κ3) is 5.58. The largest absolute Gasteiger partial charge is 0.469 e. The molecule has 6 nitrogen and oxygen atoms in total. The fourth-order valence-electron chi connectivity index (χ4n) is 2.84. The molecule has 2 rings (SSSR count). The number of carbonyl (C=O) groups excluding carboxylic acids is 1. The Morgan fingerprint density at radius 2 is 2.12 bits per heavy atom. The van der Waals surface area contributed by atoms with Crippen molar-refractivity contribution in [2.24, 2.45) is 10.9 Å². The second-order valence-corrected chi connectivity index (χ2v) is 5.71. The first-order valence-electron chi connectivity index (χ1n) is 8.10. The van der Waals surface area contributed by atoms with Crippen LogP contribution in [0.5, 0.6) is 5.75 Å². The number of likely N-dealkylation sites (tertiary alicyclic amines) is 1. The molecule has 0 atom stereocenters. The van der Waals surface area contributed by atoms with E-state index in [0.717, 1.165) is 5.56 Å². The molecular weight excluding hydrogens is 332 g/mol. The van der Waals surface area contributed by atoms with E-state index in [4.69, 9.17) is 4.74 Å². The monoisotopic (exact) mass is 355 g/mol. The van der Waals surface area contributed by atoms with Crippen LogP contribution in [0.3, 0.4) is 0 Å².